The Hall–Kier alpha value is -7.21. The van der Waals surface area contributed by atoms with E-state index in [1.165, 1.54) is 27.7 Å². The van der Waals surface area contributed by atoms with E-state index in [0.29, 0.717) is 38.3 Å². The van der Waals surface area contributed by atoms with Crippen molar-refractivity contribution in [2.24, 2.45) is 0 Å². The van der Waals surface area contributed by atoms with Gasteiger partial charge in [0.2, 0.25) is 5.69 Å². The molecule has 9 rings (SSSR count). The topological polar surface area (TPSA) is 76.9 Å². The molecule has 0 N–H and O–H groups in total. The molecule has 8 aromatic rings. The highest BCUT2D eigenvalue weighted by molar-refractivity contribution is 6.10. The average molecular weight is 812 g/mol. The molecule has 0 saturated heterocycles. The van der Waals surface area contributed by atoms with Gasteiger partial charge in [-0.25, -0.2) is 0 Å². The Kier molecular flexibility index (Phi) is 11.5. The Labute approximate surface area is 364 Å². The van der Waals surface area contributed by atoms with Crippen LogP contribution in [0, 0.1) is 11.3 Å². The number of nitrogens with zero attached hydrogens (tertiary/aromatic N) is 8. The van der Waals surface area contributed by atoms with Crippen molar-refractivity contribution in [3.8, 4) is 11.8 Å². The van der Waals surface area contributed by atoms with Gasteiger partial charge in [0.1, 0.15) is 12.6 Å². The Morgan fingerprint density at radius 1 is 0.661 bits per heavy atom. The maximum atomic E-state index is 10.6. The molecule has 62 heavy (non-hydrogen) atoms. The number of aromatic nitrogens is 4. The van der Waals surface area contributed by atoms with Crippen LogP contribution in [0.4, 0.5) is 11.4 Å². The van der Waals surface area contributed by atoms with Gasteiger partial charge >= 0.3 is 0 Å². The van der Waals surface area contributed by atoms with E-state index in [2.05, 4.69) is 159 Å². The summed E-state index contributed by atoms with van der Waals surface area (Å²) < 4.78 is 4.83. The summed E-state index contributed by atoms with van der Waals surface area (Å²) in [4.78, 5) is 18.7. The molecule has 0 bridgehead atoms. The van der Waals surface area contributed by atoms with Crippen LogP contribution in [-0.2, 0) is 25.0 Å². The van der Waals surface area contributed by atoms with Crippen LogP contribution in [0.5, 0.6) is 0 Å². The molecule has 0 amide bonds. The summed E-state index contributed by atoms with van der Waals surface area (Å²) in [5, 5.41) is 13.0. The molecule has 8 nitrogen and oxygen atoms in total. The first-order valence-corrected chi connectivity index (χ1v) is 21.6. The third kappa shape index (κ3) is 8.15. The van der Waals surface area contributed by atoms with Gasteiger partial charge in [-0.15, -0.1) is 0 Å². The van der Waals surface area contributed by atoms with E-state index >= 15 is 0 Å². The quantitative estimate of drug-likeness (QED) is 0.0960. The lowest BCUT2D eigenvalue weighted by Gasteiger charge is -2.30. The number of para-hydroxylation sites is 2. The van der Waals surface area contributed by atoms with E-state index in [1.807, 2.05) is 67.1 Å². The molecule has 1 aliphatic rings. The van der Waals surface area contributed by atoms with Crippen molar-refractivity contribution >= 4 is 45.0 Å². The molecule has 0 unspecified atom stereocenters. The molecule has 0 saturated carbocycles. The monoisotopic (exact) mass is 811 g/mol. The standard InChI is InChI=1S/C54H51N8/c1-4-31-61-51-21-8-6-19-48(51)54(2,3)53(61)27-23-40-22-26-50-47(34-40)46-18-5-7-20-49(46)62(50)45-25-24-41(36-55)52(35-45)60(39-44-17-11-14-30-58-44)33-32-59(37-42-15-9-12-28-56-42)38-43-16-10-13-29-57-43/h5-30,34-35H,4,31-33,37-39H2,1-3H3/q+1. The fourth-order valence-corrected chi connectivity index (χ4v) is 9.06. The highest BCUT2D eigenvalue weighted by Gasteiger charge is 2.43. The van der Waals surface area contributed by atoms with Gasteiger partial charge in [0.15, 0.2) is 5.71 Å². The van der Waals surface area contributed by atoms with E-state index in [-0.39, 0.29) is 5.41 Å². The number of nitriles is 1. The number of anilines is 1. The van der Waals surface area contributed by atoms with Gasteiger partial charge in [0.05, 0.1) is 51.3 Å². The van der Waals surface area contributed by atoms with Crippen molar-refractivity contribution in [3.63, 3.8) is 0 Å². The summed E-state index contributed by atoms with van der Waals surface area (Å²) in [6, 6.07) is 51.1. The lowest BCUT2D eigenvalue weighted by molar-refractivity contribution is -0.437. The molecule has 1 aliphatic heterocycles. The fourth-order valence-electron chi connectivity index (χ4n) is 9.06. The number of fused-ring (bicyclic) bond motifs is 4. The van der Waals surface area contributed by atoms with Gasteiger partial charge in [0.25, 0.3) is 0 Å². The second kappa shape index (κ2) is 17.8. The maximum Gasteiger partial charge on any atom is 0.209 e. The first-order valence-electron chi connectivity index (χ1n) is 21.6. The van der Waals surface area contributed by atoms with Gasteiger partial charge in [-0.3, -0.25) is 19.9 Å². The lowest BCUT2D eigenvalue weighted by Crippen LogP contribution is -2.35. The molecule has 0 aliphatic carbocycles. The first-order chi connectivity index (χ1) is 30.4. The van der Waals surface area contributed by atoms with Crippen LogP contribution in [0.2, 0.25) is 0 Å². The predicted octanol–water partition coefficient (Wildman–Crippen LogP) is 11.0. The van der Waals surface area contributed by atoms with Crippen LogP contribution >= 0.6 is 0 Å². The van der Waals surface area contributed by atoms with Crippen molar-refractivity contribution in [1.29, 1.82) is 5.26 Å². The highest BCUT2D eigenvalue weighted by atomic mass is 15.2. The molecule has 0 spiro atoms. The Morgan fingerprint density at radius 3 is 1.98 bits per heavy atom. The minimum absolute atomic E-state index is 0.101. The molecule has 4 aromatic heterocycles. The third-order valence-electron chi connectivity index (χ3n) is 12.1. The molecule has 8 heteroatoms. The van der Waals surface area contributed by atoms with E-state index in [9.17, 15) is 5.26 Å². The normalized spacial score (nSPS) is 13.3. The summed E-state index contributed by atoms with van der Waals surface area (Å²) in [6.45, 7) is 11.1. The summed E-state index contributed by atoms with van der Waals surface area (Å²) in [7, 11) is 0. The Bertz CT molecular complexity index is 2900. The van der Waals surface area contributed by atoms with Gasteiger partial charge in [-0.05, 0) is 98.3 Å². The number of benzene rings is 4. The number of hydrogen-bond acceptors (Lipinski definition) is 6. The molecule has 0 atom stereocenters. The lowest BCUT2D eigenvalue weighted by atomic mass is 9.81. The van der Waals surface area contributed by atoms with Gasteiger partial charge < -0.3 is 9.47 Å². The Balaban J connectivity index is 1.09. The van der Waals surface area contributed by atoms with Crippen molar-refractivity contribution in [3.05, 3.63) is 198 Å². The number of pyridine rings is 3. The zero-order valence-corrected chi connectivity index (χ0v) is 35.7. The summed E-state index contributed by atoms with van der Waals surface area (Å²) in [6.07, 6.45) is 11.2. The maximum absolute atomic E-state index is 10.6. The van der Waals surface area contributed by atoms with E-state index < -0.39 is 0 Å². The Morgan fingerprint density at radius 2 is 1.31 bits per heavy atom. The van der Waals surface area contributed by atoms with Gasteiger partial charge in [-0.1, -0.05) is 67.6 Å². The van der Waals surface area contributed by atoms with Crippen molar-refractivity contribution < 1.29 is 4.58 Å². The minimum Gasteiger partial charge on any atom is -0.363 e. The summed E-state index contributed by atoms with van der Waals surface area (Å²) >= 11 is 0. The predicted molar refractivity (Wildman–Crippen MR) is 252 cm³/mol. The second-order valence-corrected chi connectivity index (χ2v) is 16.6. The first kappa shape index (κ1) is 40.2. The molecular formula is C54H51N8+. The smallest absolute Gasteiger partial charge is 0.209 e. The van der Waals surface area contributed by atoms with Crippen LogP contribution in [0.1, 0.15) is 61.0 Å². The third-order valence-corrected chi connectivity index (χ3v) is 12.1. The summed E-state index contributed by atoms with van der Waals surface area (Å²) in [5.41, 5.74) is 12.7. The number of allylic oxidation sites excluding steroid dienone is 1. The highest BCUT2D eigenvalue weighted by Crippen LogP contribution is 2.40. The molecule has 306 valence electrons. The second-order valence-electron chi connectivity index (χ2n) is 16.6. The van der Waals surface area contributed by atoms with Crippen LogP contribution in [0.25, 0.3) is 33.6 Å². The number of hydrogen-bond donors (Lipinski definition) is 0. The van der Waals surface area contributed by atoms with Crippen LogP contribution in [0.3, 0.4) is 0 Å². The van der Waals surface area contributed by atoms with Crippen LogP contribution in [0.15, 0.2) is 164 Å². The van der Waals surface area contributed by atoms with Crippen molar-refractivity contribution in [2.45, 2.75) is 52.2 Å². The molecule has 0 radical (unpaired) electrons. The molecule has 5 heterocycles. The molecule has 0 fully saturated rings. The van der Waals surface area contributed by atoms with E-state index in [4.69, 9.17) is 4.98 Å². The van der Waals surface area contributed by atoms with Crippen LogP contribution in [-0.4, -0.2) is 54.3 Å². The summed E-state index contributed by atoms with van der Waals surface area (Å²) in [5.74, 6) is 0. The van der Waals surface area contributed by atoms with Gasteiger partial charge in [-0.2, -0.15) is 9.84 Å². The average Bonchev–Trinajstić information content (AvgIpc) is 3.75. The van der Waals surface area contributed by atoms with Crippen molar-refractivity contribution in [2.75, 3.05) is 24.5 Å². The fraction of sp³-hybridized carbons (Fsp3) is 0.204. The zero-order chi connectivity index (χ0) is 42.5. The zero-order valence-electron chi connectivity index (χ0n) is 35.7. The van der Waals surface area contributed by atoms with E-state index in [0.717, 1.165) is 58.0 Å². The minimum atomic E-state index is -0.101. The number of rotatable bonds is 15. The molecule has 4 aromatic carbocycles. The van der Waals surface area contributed by atoms with Crippen molar-refractivity contribution in [1.82, 2.24) is 24.4 Å². The van der Waals surface area contributed by atoms with E-state index in [1.54, 1.807) is 0 Å². The molecular weight excluding hydrogens is 761 g/mol. The SMILES string of the molecule is CCC[N+]1=C(/C=C/c2ccc3c(c2)c2ccccc2n3-c2ccc(C#N)c(N(CCN(Cc3ccccn3)Cc3ccccn3)Cc3ccccn3)c2)C(C)(C)c2ccccc21. The van der Waals surface area contributed by atoms with Crippen LogP contribution < -0.4 is 4.90 Å². The largest absolute Gasteiger partial charge is 0.363 e. The van der Waals surface area contributed by atoms with Gasteiger partial charge in [0, 0.05) is 85.4 Å².